The summed E-state index contributed by atoms with van der Waals surface area (Å²) in [5.74, 6) is 0.847. The van der Waals surface area contributed by atoms with Gasteiger partial charge in [0.05, 0.1) is 12.2 Å². The van der Waals surface area contributed by atoms with E-state index in [2.05, 4.69) is 58.6 Å². The molecule has 0 amide bonds. The minimum atomic E-state index is 0.291. The molecule has 1 aliphatic heterocycles. The highest BCUT2D eigenvalue weighted by Crippen LogP contribution is 2.17. The van der Waals surface area contributed by atoms with Gasteiger partial charge >= 0.3 is 0 Å². The van der Waals surface area contributed by atoms with Crippen molar-refractivity contribution in [3.05, 3.63) is 35.4 Å². The Balaban J connectivity index is 1.81. The average molecular weight is 391 g/mol. The van der Waals surface area contributed by atoms with Gasteiger partial charge in [-0.25, -0.2) is 0 Å². The van der Waals surface area contributed by atoms with Gasteiger partial charge in [0.1, 0.15) is 0 Å². The predicted octanol–water partition coefficient (Wildman–Crippen LogP) is 2.78. The summed E-state index contributed by atoms with van der Waals surface area (Å²) in [7, 11) is 1.82. The Bertz CT molecular complexity index is 584. The van der Waals surface area contributed by atoms with Gasteiger partial charge in [-0.05, 0) is 44.7 Å². The molecule has 2 atom stereocenters. The maximum absolute atomic E-state index is 5.86. The van der Waals surface area contributed by atoms with E-state index in [4.69, 9.17) is 9.47 Å². The van der Waals surface area contributed by atoms with Crippen molar-refractivity contribution in [1.82, 2.24) is 15.5 Å². The second kappa shape index (κ2) is 12.8. The van der Waals surface area contributed by atoms with Crippen molar-refractivity contribution in [3.8, 4) is 0 Å². The number of hydrogen-bond donors (Lipinski definition) is 2. The molecule has 0 spiro atoms. The summed E-state index contributed by atoms with van der Waals surface area (Å²) < 4.78 is 11.2. The van der Waals surface area contributed by atoms with Gasteiger partial charge in [-0.2, -0.15) is 0 Å². The number of rotatable bonds is 10. The van der Waals surface area contributed by atoms with Crippen LogP contribution in [0, 0.1) is 0 Å². The van der Waals surface area contributed by atoms with Gasteiger partial charge in [0, 0.05) is 53.0 Å². The number of nitrogens with zero attached hydrogens (tertiary/aromatic N) is 2. The van der Waals surface area contributed by atoms with E-state index in [1.165, 1.54) is 11.1 Å². The van der Waals surface area contributed by atoms with Crippen molar-refractivity contribution >= 4 is 5.96 Å². The summed E-state index contributed by atoms with van der Waals surface area (Å²) in [4.78, 5) is 6.83. The van der Waals surface area contributed by atoms with Crippen LogP contribution in [0.4, 0.5) is 0 Å². The molecule has 6 nitrogen and oxygen atoms in total. The molecule has 0 bridgehead atoms. The molecule has 0 saturated carbocycles. The number of ether oxygens (including phenoxy) is 2. The van der Waals surface area contributed by atoms with Gasteiger partial charge in [-0.15, -0.1) is 0 Å². The summed E-state index contributed by atoms with van der Waals surface area (Å²) in [6.45, 7) is 12.5. The van der Waals surface area contributed by atoms with Crippen LogP contribution in [0.15, 0.2) is 29.3 Å². The van der Waals surface area contributed by atoms with Crippen molar-refractivity contribution in [1.29, 1.82) is 0 Å². The molecule has 2 N–H and O–H groups in total. The predicted molar refractivity (Wildman–Crippen MR) is 116 cm³/mol. The monoisotopic (exact) mass is 390 g/mol. The minimum absolute atomic E-state index is 0.291. The van der Waals surface area contributed by atoms with Crippen LogP contribution in [0.2, 0.25) is 0 Å². The lowest BCUT2D eigenvalue weighted by Crippen LogP contribution is -2.45. The van der Waals surface area contributed by atoms with Gasteiger partial charge in [-0.3, -0.25) is 9.89 Å². The smallest absolute Gasteiger partial charge is 0.191 e. The first kappa shape index (κ1) is 22.7. The van der Waals surface area contributed by atoms with Crippen LogP contribution in [0.5, 0.6) is 0 Å². The zero-order chi connectivity index (χ0) is 20.2. The lowest BCUT2D eigenvalue weighted by atomic mass is 10.1. The fraction of sp³-hybridized carbons (Fsp3) is 0.682. The number of guanidine groups is 1. The van der Waals surface area contributed by atoms with Crippen LogP contribution in [0.3, 0.4) is 0 Å². The van der Waals surface area contributed by atoms with Crippen LogP contribution in [0.1, 0.15) is 44.7 Å². The fourth-order valence-electron chi connectivity index (χ4n) is 3.62. The summed E-state index contributed by atoms with van der Waals surface area (Å²) >= 11 is 0. The molecule has 1 saturated heterocycles. The zero-order valence-corrected chi connectivity index (χ0v) is 18.0. The number of hydrogen-bond acceptors (Lipinski definition) is 4. The molecule has 1 fully saturated rings. The first-order valence-corrected chi connectivity index (χ1v) is 10.6. The van der Waals surface area contributed by atoms with Crippen LogP contribution in [-0.2, 0) is 22.6 Å². The lowest BCUT2D eigenvalue weighted by molar-refractivity contribution is -0.0705. The summed E-state index contributed by atoms with van der Waals surface area (Å²) in [5.41, 5.74) is 2.68. The van der Waals surface area contributed by atoms with E-state index in [0.29, 0.717) is 12.2 Å². The Kier molecular flexibility index (Phi) is 10.3. The first-order chi connectivity index (χ1) is 13.6. The molecule has 2 unspecified atom stereocenters. The van der Waals surface area contributed by atoms with E-state index in [1.54, 1.807) is 0 Å². The largest absolute Gasteiger partial charge is 0.382 e. The normalized spacial score (nSPS) is 20.9. The van der Waals surface area contributed by atoms with Crippen LogP contribution in [0.25, 0.3) is 0 Å². The molecule has 158 valence electrons. The van der Waals surface area contributed by atoms with Crippen LogP contribution >= 0.6 is 0 Å². The first-order valence-electron chi connectivity index (χ1n) is 10.6. The Morgan fingerprint density at radius 2 is 1.86 bits per heavy atom. The molecule has 1 aromatic carbocycles. The fourth-order valence-corrected chi connectivity index (χ4v) is 3.62. The Hall–Kier alpha value is -1.63. The second-order valence-electron chi connectivity index (χ2n) is 7.48. The van der Waals surface area contributed by atoms with Gasteiger partial charge in [0.2, 0.25) is 0 Å². The highest BCUT2D eigenvalue weighted by atomic mass is 16.5. The van der Waals surface area contributed by atoms with Crippen molar-refractivity contribution in [2.75, 3.05) is 39.9 Å². The van der Waals surface area contributed by atoms with Crippen molar-refractivity contribution in [3.63, 3.8) is 0 Å². The van der Waals surface area contributed by atoms with Gasteiger partial charge in [0.25, 0.3) is 0 Å². The molecule has 1 aliphatic rings. The number of benzene rings is 1. The van der Waals surface area contributed by atoms with Crippen molar-refractivity contribution in [2.45, 2.75) is 58.9 Å². The second-order valence-corrected chi connectivity index (χ2v) is 7.48. The molecule has 28 heavy (non-hydrogen) atoms. The standard InChI is InChI=1S/C22H38N4O2/c1-5-27-13-9-8-12-24-22(23-4)25-14-20-10-6-7-11-21(20)17-26-15-18(2)28-19(3)16-26/h6-7,10-11,18-19H,5,8-9,12-17H2,1-4H3,(H2,23,24,25). The molecular formula is C22H38N4O2. The number of morpholine rings is 1. The highest BCUT2D eigenvalue weighted by molar-refractivity contribution is 5.79. The lowest BCUT2D eigenvalue weighted by Gasteiger charge is -2.35. The third kappa shape index (κ3) is 8.17. The van der Waals surface area contributed by atoms with E-state index in [1.807, 2.05) is 14.0 Å². The third-order valence-corrected chi connectivity index (χ3v) is 4.89. The van der Waals surface area contributed by atoms with Crippen molar-refractivity contribution < 1.29 is 9.47 Å². The molecule has 0 radical (unpaired) electrons. The van der Waals surface area contributed by atoms with E-state index < -0.39 is 0 Å². The van der Waals surface area contributed by atoms with Gasteiger partial charge < -0.3 is 20.1 Å². The molecular weight excluding hydrogens is 352 g/mol. The number of nitrogens with one attached hydrogen (secondary N) is 2. The molecule has 6 heteroatoms. The molecule has 0 aliphatic carbocycles. The molecule has 1 heterocycles. The van der Waals surface area contributed by atoms with Gasteiger partial charge in [0.15, 0.2) is 5.96 Å². The topological polar surface area (TPSA) is 58.1 Å². The highest BCUT2D eigenvalue weighted by Gasteiger charge is 2.22. The van der Waals surface area contributed by atoms with E-state index in [-0.39, 0.29) is 0 Å². The Labute approximate surface area is 170 Å². The number of unbranched alkanes of at least 4 members (excludes halogenated alkanes) is 1. The van der Waals surface area contributed by atoms with E-state index in [9.17, 15) is 0 Å². The van der Waals surface area contributed by atoms with Crippen LogP contribution < -0.4 is 10.6 Å². The quantitative estimate of drug-likeness (QED) is 0.365. The maximum atomic E-state index is 5.86. The molecule has 1 aromatic rings. The minimum Gasteiger partial charge on any atom is -0.382 e. The van der Waals surface area contributed by atoms with Gasteiger partial charge in [-0.1, -0.05) is 24.3 Å². The van der Waals surface area contributed by atoms with E-state index in [0.717, 1.165) is 64.7 Å². The van der Waals surface area contributed by atoms with E-state index >= 15 is 0 Å². The third-order valence-electron chi connectivity index (χ3n) is 4.89. The number of aliphatic imine (C=N–C) groups is 1. The maximum Gasteiger partial charge on any atom is 0.191 e. The Morgan fingerprint density at radius 3 is 2.54 bits per heavy atom. The SMILES string of the molecule is CCOCCCCNC(=NC)NCc1ccccc1CN1CC(C)OC(C)C1. The zero-order valence-electron chi connectivity index (χ0n) is 18.0. The summed E-state index contributed by atoms with van der Waals surface area (Å²) in [6, 6.07) is 8.66. The molecule has 0 aromatic heterocycles. The van der Waals surface area contributed by atoms with Crippen molar-refractivity contribution in [2.24, 2.45) is 4.99 Å². The summed E-state index contributed by atoms with van der Waals surface area (Å²) in [5, 5.41) is 6.83. The van der Waals surface area contributed by atoms with Crippen LogP contribution in [-0.4, -0.2) is 63.0 Å². The molecule has 2 rings (SSSR count). The average Bonchev–Trinajstić information content (AvgIpc) is 2.67. The summed E-state index contributed by atoms with van der Waals surface area (Å²) in [6.07, 6.45) is 2.72. The Morgan fingerprint density at radius 1 is 1.14 bits per heavy atom.